The van der Waals surface area contributed by atoms with Crippen LogP contribution in [0.15, 0.2) is 297 Å². The second-order valence-electron chi connectivity index (χ2n) is 35.9. The highest BCUT2D eigenvalue weighted by Crippen LogP contribution is 2.63. The van der Waals surface area contributed by atoms with Gasteiger partial charge >= 0.3 is 0 Å². The second kappa shape index (κ2) is 24.8. The van der Waals surface area contributed by atoms with Gasteiger partial charge in [0, 0.05) is 60.9 Å². The Bertz CT molecular complexity index is 6690. The van der Waals surface area contributed by atoms with Crippen LogP contribution in [0.1, 0.15) is 161 Å². The summed E-state index contributed by atoms with van der Waals surface area (Å²) in [6.45, 7) is 34.5. The van der Waals surface area contributed by atoms with E-state index in [4.69, 9.17) is 1.37 Å². The number of hydrogen-bond donors (Lipinski definition) is 0. The summed E-state index contributed by atoms with van der Waals surface area (Å²) in [5.41, 5.74) is 28.9. The fourth-order valence-electron chi connectivity index (χ4n) is 17.7. The largest absolute Gasteiger partial charge is 0.310 e. The van der Waals surface area contributed by atoms with Crippen molar-refractivity contribution >= 4 is 99.5 Å². The average molecular weight is 1430 g/mol. The van der Waals surface area contributed by atoms with Crippen molar-refractivity contribution in [3.63, 3.8) is 0 Å². The summed E-state index contributed by atoms with van der Waals surface area (Å²) in [6, 6.07) is 98.0. The maximum atomic E-state index is 9.70. The normalized spacial score (nSPS) is 14.6. The van der Waals surface area contributed by atoms with E-state index in [1.54, 1.807) is 0 Å². The van der Waals surface area contributed by atoms with Gasteiger partial charge in [0.15, 0.2) is 0 Å². The van der Waals surface area contributed by atoms with Crippen molar-refractivity contribution in [3.8, 4) is 50.4 Å². The van der Waals surface area contributed by atoms with Gasteiger partial charge in [-0.2, -0.15) is 0 Å². The molecule has 2 aliphatic rings. The first-order valence-electron chi connectivity index (χ1n) is 41.5. The van der Waals surface area contributed by atoms with Crippen LogP contribution < -0.4 is 9.80 Å². The lowest BCUT2D eigenvalue weighted by atomic mass is 9.73. The SMILES string of the molecule is [2H]c1c([2H])c([2H])c(-c2ccc3c(c2)N(c2cccc4c5cccc(-n6c7ccc(C(C)(C)C)cc7c7cc(C(C)(C)C)ccc76)c5n(-c5ccccc5)c24)c2cc(C(C)(C)C)cc4c2C3c2ccc(-n3c5ccc(C(C)(C)C)cc5c5cc(C(C)(C)C)ccc53)cc2N4c2cc(-c3ccccc3)cc(-c3ccccc3)c2)c([2H])c1[2H]. The number of hydrogen-bond acceptors (Lipinski definition) is 2. The molecular formula is C105H95N5. The molecule has 0 saturated carbocycles. The molecule has 0 amide bonds. The summed E-state index contributed by atoms with van der Waals surface area (Å²) in [5.74, 6) is -0.411. The first-order chi connectivity index (χ1) is 54.8. The van der Waals surface area contributed by atoms with Crippen LogP contribution >= 0.6 is 0 Å². The van der Waals surface area contributed by atoms with Crippen molar-refractivity contribution < 1.29 is 6.85 Å². The molecule has 5 heteroatoms. The van der Waals surface area contributed by atoms with E-state index in [1.807, 2.05) is 6.07 Å². The number of anilines is 6. The molecule has 0 saturated heterocycles. The van der Waals surface area contributed by atoms with E-state index in [0.717, 1.165) is 140 Å². The topological polar surface area (TPSA) is 21.3 Å². The van der Waals surface area contributed by atoms with Crippen LogP contribution in [0.4, 0.5) is 34.1 Å². The number of rotatable bonds is 8. The molecule has 0 spiro atoms. The minimum atomic E-state index is -0.433. The molecule has 540 valence electrons. The van der Waals surface area contributed by atoms with Crippen LogP contribution in [0.3, 0.4) is 0 Å². The molecule has 5 heterocycles. The Hall–Kier alpha value is -11.9. The smallest absolute Gasteiger partial charge is 0.0783 e. The molecule has 14 aromatic carbocycles. The molecule has 3 aromatic heterocycles. The standard InChI is InChI=1S/C105H95N5/c1-101(2,3)71-43-50-87-83(58-71)84-59-72(102(4,5)6)44-51-88(84)106(87)77-47-49-82-94(64-77)107(78-55-69(66-32-22-17-23-33-66)54-70(56-78)67-34-24-18-25-35-67)95-62-75(105(13,14)15)63-96-98(95)97(82)81-48-42-68(65-30-20-16-21-31-65)57-93(81)110(96)92-41-29-39-80-79-38-28-40-91(99(79)108(100(80)92)76-36-26-19-27-37-76)109-89-52-45-73(103(7,8)9)60-85(89)86-61-74(104(10,11)12)46-53-90(86)109/h16-64,97H,1-15H3/i16D,20D,21D,30D,31D. The molecule has 0 aliphatic carbocycles. The van der Waals surface area contributed by atoms with Gasteiger partial charge in [0.1, 0.15) is 0 Å². The molecule has 2 aliphatic heterocycles. The molecule has 19 rings (SSSR count). The fraction of sp³-hybridized carbons (Fsp3) is 0.200. The minimum Gasteiger partial charge on any atom is -0.310 e. The van der Waals surface area contributed by atoms with Gasteiger partial charge in [-0.05, 0) is 221 Å². The highest BCUT2D eigenvalue weighted by atomic mass is 15.2. The van der Waals surface area contributed by atoms with Gasteiger partial charge in [0.2, 0.25) is 0 Å². The maximum Gasteiger partial charge on any atom is 0.0783 e. The Kier molecular flexibility index (Phi) is 14.2. The lowest BCUT2D eigenvalue weighted by molar-refractivity contribution is 0.589. The third-order valence-corrected chi connectivity index (χ3v) is 23.6. The van der Waals surface area contributed by atoms with Crippen molar-refractivity contribution in [1.29, 1.82) is 0 Å². The molecule has 1 unspecified atom stereocenters. The first kappa shape index (κ1) is 63.1. The lowest BCUT2D eigenvalue weighted by Crippen LogP contribution is -2.30. The van der Waals surface area contributed by atoms with E-state index in [-0.39, 0.29) is 51.4 Å². The van der Waals surface area contributed by atoms with Crippen LogP contribution in [-0.4, -0.2) is 13.7 Å². The Morgan fingerprint density at radius 1 is 0.245 bits per heavy atom. The first-order valence-corrected chi connectivity index (χ1v) is 39.0. The zero-order chi connectivity index (χ0) is 80.2. The van der Waals surface area contributed by atoms with E-state index in [1.165, 1.54) is 43.8 Å². The number of nitrogens with zero attached hydrogens (tertiary/aromatic N) is 5. The summed E-state index contributed by atoms with van der Waals surface area (Å²) in [4.78, 5) is 5.05. The van der Waals surface area contributed by atoms with Gasteiger partial charge in [-0.3, -0.25) is 0 Å². The van der Waals surface area contributed by atoms with E-state index >= 15 is 0 Å². The Balaban J connectivity index is 0.954. The quantitative estimate of drug-likeness (QED) is 0.151. The van der Waals surface area contributed by atoms with Gasteiger partial charge in [-0.1, -0.05) is 280 Å². The van der Waals surface area contributed by atoms with Crippen LogP contribution in [0.2, 0.25) is 0 Å². The van der Waals surface area contributed by atoms with Crippen molar-refractivity contribution in [2.45, 2.75) is 137 Å². The van der Waals surface area contributed by atoms with Crippen molar-refractivity contribution in [3.05, 3.63) is 342 Å². The lowest BCUT2D eigenvalue weighted by Gasteiger charge is -2.46. The Labute approximate surface area is 655 Å². The highest BCUT2D eigenvalue weighted by Gasteiger charge is 2.44. The molecule has 0 radical (unpaired) electrons. The number of benzene rings is 14. The van der Waals surface area contributed by atoms with E-state index in [0.29, 0.717) is 5.56 Å². The summed E-state index contributed by atoms with van der Waals surface area (Å²) >= 11 is 0. The summed E-state index contributed by atoms with van der Waals surface area (Å²) in [7, 11) is 0. The predicted molar refractivity (Wildman–Crippen MR) is 470 cm³/mol. The van der Waals surface area contributed by atoms with Gasteiger partial charge in [-0.15, -0.1) is 0 Å². The second-order valence-corrected chi connectivity index (χ2v) is 35.9. The molecule has 0 fully saturated rings. The van der Waals surface area contributed by atoms with Crippen molar-refractivity contribution in [1.82, 2.24) is 13.7 Å². The highest BCUT2D eigenvalue weighted by molar-refractivity contribution is 6.19. The minimum absolute atomic E-state index is 0.0951. The van der Waals surface area contributed by atoms with Gasteiger partial charge in [0.05, 0.1) is 74.1 Å². The Morgan fingerprint density at radius 2 is 0.673 bits per heavy atom. The third kappa shape index (κ3) is 11.1. The number of aromatic nitrogens is 3. The molecule has 110 heavy (non-hydrogen) atoms. The van der Waals surface area contributed by atoms with Crippen LogP contribution in [0.5, 0.6) is 0 Å². The van der Waals surface area contributed by atoms with Gasteiger partial charge in [0.25, 0.3) is 0 Å². The maximum absolute atomic E-state index is 9.70. The zero-order valence-electron chi connectivity index (χ0n) is 70.7. The van der Waals surface area contributed by atoms with E-state index in [9.17, 15) is 5.48 Å². The monoisotopic (exact) mass is 1430 g/mol. The van der Waals surface area contributed by atoms with Crippen molar-refractivity contribution in [2.24, 2.45) is 0 Å². The van der Waals surface area contributed by atoms with Crippen LogP contribution in [-0.2, 0) is 27.1 Å². The molecule has 0 N–H and O–H groups in total. The van der Waals surface area contributed by atoms with E-state index in [2.05, 4.69) is 388 Å². The number of para-hydroxylation sites is 3. The fourth-order valence-corrected chi connectivity index (χ4v) is 17.7. The molecule has 1 atom stereocenters. The molecule has 5 nitrogen and oxygen atoms in total. The molecule has 17 aromatic rings. The molecule has 0 bridgehead atoms. The number of fused-ring (bicyclic) bond motifs is 13. The Morgan fingerprint density at radius 3 is 1.15 bits per heavy atom. The third-order valence-electron chi connectivity index (χ3n) is 23.6. The predicted octanol–water partition coefficient (Wildman–Crippen LogP) is 29.2. The average Bonchev–Trinajstić information content (AvgIpc) is 0.791. The zero-order valence-corrected chi connectivity index (χ0v) is 65.7. The van der Waals surface area contributed by atoms with Crippen LogP contribution in [0.25, 0.3) is 116 Å². The summed E-state index contributed by atoms with van der Waals surface area (Å²) in [5, 5.41) is 6.96. The van der Waals surface area contributed by atoms with Gasteiger partial charge < -0.3 is 23.5 Å². The van der Waals surface area contributed by atoms with Gasteiger partial charge in [-0.25, -0.2) is 0 Å². The van der Waals surface area contributed by atoms with Crippen LogP contribution in [0, 0.1) is 0 Å². The van der Waals surface area contributed by atoms with Crippen molar-refractivity contribution in [2.75, 3.05) is 9.80 Å². The summed E-state index contributed by atoms with van der Waals surface area (Å²) < 4.78 is 54.1. The summed E-state index contributed by atoms with van der Waals surface area (Å²) in [6.07, 6.45) is 0. The van der Waals surface area contributed by atoms with E-state index < -0.39 is 17.4 Å². The molecular weight excluding hydrogens is 1330 g/mol.